The van der Waals surface area contributed by atoms with Crippen LogP contribution in [0.4, 0.5) is 11.8 Å². The first kappa shape index (κ1) is 16.5. The third-order valence-electron chi connectivity index (χ3n) is 2.77. The molecule has 0 saturated carbocycles. The van der Waals surface area contributed by atoms with Crippen LogP contribution in [0.2, 0.25) is 0 Å². The minimum Gasteiger partial charge on any atom is -0.372 e. The van der Waals surface area contributed by atoms with Gasteiger partial charge in [0, 0.05) is 13.1 Å². The molecule has 0 unspecified atom stereocenters. The van der Waals surface area contributed by atoms with E-state index in [1.807, 2.05) is 4.57 Å². The zero-order valence-corrected chi connectivity index (χ0v) is 13.7. The number of nitrogens with zero attached hydrogens (tertiary/aromatic N) is 4. The number of nitrogens with one attached hydrogen (secondary N) is 1. The SMILES string of the molecule is C=CCNc1nc(N)nc2c1ncn2CCOCP(C)(C)=O. The van der Waals surface area contributed by atoms with Crippen LogP contribution in [-0.2, 0) is 15.8 Å². The van der Waals surface area contributed by atoms with Gasteiger partial charge in [-0.25, -0.2) is 4.98 Å². The average Bonchev–Trinajstić information content (AvgIpc) is 2.83. The average molecular weight is 324 g/mol. The number of ether oxygens (including phenoxy) is 1. The van der Waals surface area contributed by atoms with Gasteiger partial charge < -0.3 is 24.9 Å². The van der Waals surface area contributed by atoms with Gasteiger partial charge in [-0.15, -0.1) is 6.58 Å². The highest BCUT2D eigenvalue weighted by molar-refractivity contribution is 7.62. The summed E-state index contributed by atoms with van der Waals surface area (Å²) in [6.07, 6.45) is 3.66. The summed E-state index contributed by atoms with van der Waals surface area (Å²) in [6.45, 7) is 8.59. The standard InChI is InChI=1S/C13H21N6O2P/c1-4-5-15-11-10-12(18-13(14)17-11)19(8-16-10)6-7-21-9-22(2,3)20/h4,8H,1,5-7,9H2,2-3H3,(H3,14,15,17,18). The number of aromatic nitrogens is 4. The van der Waals surface area contributed by atoms with Crippen molar-refractivity contribution in [3.05, 3.63) is 19.0 Å². The lowest BCUT2D eigenvalue weighted by atomic mass is 10.4. The fraction of sp³-hybridized carbons (Fsp3) is 0.462. The van der Waals surface area contributed by atoms with Crippen molar-refractivity contribution >= 4 is 30.1 Å². The number of rotatable bonds is 8. The van der Waals surface area contributed by atoms with Crippen molar-refractivity contribution in [2.75, 3.05) is 43.9 Å². The summed E-state index contributed by atoms with van der Waals surface area (Å²) in [5.41, 5.74) is 7.02. The van der Waals surface area contributed by atoms with Crippen molar-refractivity contribution in [1.82, 2.24) is 19.5 Å². The van der Waals surface area contributed by atoms with Gasteiger partial charge in [0.05, 0.1) is 19.3 Å². The van der Waals surface area contributed by atoms with Crippen LogP contribution in [0.5, 0.6) is 0 Å². The molecule has 9 heteroatoms. The Bertz CT molecular complexity index is 708. The van der Waals surface area contributed by atoms with Gasteiger partial charge in [-0.3, -0.25) is 0 Å². The summed E-state index contributed by atoms with van der Waals surface area (Å²) in [6, 6.07) is 0. The molecule has 2 rings (SSSR count). The Kier molecular flexibility index (Phi) is 5.15. The summed E-state index contributed by atoms with van der Waals surface area (Å²) in [7, 11) is -2.16. The third kappa shape index (κ3) is 4.29. The minimum absolute atomic E-state index is 0.174. The van der Waals surface area contributed by atoms with Gasteiger partial charge in [0.15, 0.2) is 17.0 Å². The zero-order chi connectivity index (χ0) is 16.2. The highest BCUT2D eigenvalue weighted by Crippen LogP contribution is 2.35. The largest absolute Gasteiger partial charge is 0.372 e. The molecule has 8 nitrogen and oxygen atoms in total. The van der Waals surface area contributed by atoms with Crippen molar-refractivity contribution in [2.45, 2.75) is 6.54 Å². The van der Waals surface area contributed by atoms with Gasteiger partial charge in [0.2, 0.25) is 5.95 Å². The van der Waals surface area contributed by atoms with Crippen molar-refractivity contribution in [3.8, 4) is 0 Å². The molecule has 0 aliphatic carbocycles. The molecule has 0 aliphatic rings. The number of nitrogens with two attached hydrogens (primary N) is 1. The second-order valence-electron chi connectivity index (χ2n) is 5.32. The molecule has 0 fully saturated rings. The van der Waals surface area contributed by atoms with Gasteiger partial charge in [-0.2, -0.15) is 9.97 Å². The summed E-state index contributed by atoms with van der Waals surface area (Å²) < 4.78 is 18.8. The van der Waals surface area contributed by atoms with Crippen molar-refractivity contribution in [1.29, 1.82) is 0 Å². The topological polar surface area (TPSA) is 108 Å². The second kappa shape index (κ2) is 6.89. The molecule has 0 aliphatic heterocycles. The van der Waals surface area contributed by atoms with Crippen LogP contribution >= 0.6 is 7.14 Å². The molecule has 0 bridgehead atoms. The molecule has 0 radical (unpaired) electrons. The van der Waals surface area contributed by atoms with Crippen LogP contribution in [0.1, 0.15) is 0 Å². The maximum absolute atomic E-state index is 11.6. The Hall–Kier alpha value is -1.92. The van der Waals surface area contributed by atoms with Gasteiger partial charge in [0.1, 0.15) is 7.14 Å². The van der Waals surface area contributed by atoms with Crippen molar-refractivity contribution < 1.29 is 9.30 Å². The molecule has 2 aromatic rings. The highest BCUT2D eigenvalue weighted by atomic mass is 31.2. The lowest BCUT2D eigenvalue weighted by Gasteiger charge is -2.09. The van der Waals surface area contributed by atoms with Crippen LogP contribution < -0.4 is 11.1 Å². The Labute approximate surface area is 129 Å². The van der Waals surface area contributed by atoms with Crippen LogP contribution in [0.15, 0.2) is 19.0 Å². The molecule has 0 amide bonds. The van der Waals surface area contributed by atoms with Crippen LogP contribution in [-0.4, -0.2) is 52.3 Å². The van der Waals surface area contributed by atoms with E-state index in [-0.39, 0.29) is 12.3 Å². The van der Waals surface area contributed by atoms with Crippen LogP contribution in [0.25, 0.3) is 11.2 Å². The molecule has 120 valence electrons. The van der Waals surface area contributed by atoms with E-state index >= 15 is 0 Å². The summed E-state index contributed by atoms with van der Waals surface area (Å²) in [5.74, 6) is 0.752. The summed E-state index contributed by atoms with van der Waals surface area (Å²) in [5, 5.41) is 3.09. The zero-order valence-electron chi connectivity index (χ0n) is 12.8. The van der Waals surface area contributed by atoms with Gasteiger partial charge in [-0.05, 0) is 13.3 Å². The number of anilines is 2. The van der Waals surface area contributed by atoms with E-state index < -0.39 is 7.14 Å². The van der Waals surface area contributed by atoms with Gasteiger partial charge >= 0.3 is 0 Å². The minimum atomic E-state index is -2.16. The predicted octanol–water partition coefficient (Wildman–Crippen LogP) is 1.60. The van der Waals surface area contributed by atoms with Crippen molar-refractivity contribution in [3.63, 3.8) is 0 Å². The summed E-state index contributed by atoms with van der Waals surface area (Å²) >= 11 is 0. The second-order valence-corrected chi connectivity index (χ2v) is 8.73. The monoisotopic (exact) mass is 324 g/mol. The number of fused-ring (bicyclic) bond motifs is 1. The van der Waals surface area contributed by atoms with E-state index in [1.54, 1.807) is 25.7 Å². The number of hydrogen-bond acceptors (Lipinski definition) is 7. The third-order valence-corrected chi connectivity index (χ3v) is 3.58. The first-order valence-corrected chi connectivity index (χ1v) is 9.64. The molecular weight excluding hydrogens is 303 g/mol. The number of imidazole rings is 1. The number of hydrogen-bond donors (Lipinski definition) is 2. The van der Waals surface area contributed by atoms with Crippen LogP contribution in [0.3, 0.4) is 0 Å². The molecule has 0 spiro atoms. The van der Waals surface area contributed by atoms with E-state index in [4.69, 9.17) is 10.5 Å². The molecule has 0 atom stereocenters. The van der Waals surface area contributed by atoms with Crippen LogP contribution in [0, 0.1) is 0 Å². The van der Waals surface area contributed by atoms with E-state index in [1.165, 1.54) is 0 Å². The lowest BCUT2D eigenvalue weighted by Crippen LogP contribution is -2.09. The smallest absolute Gasteiger partial charge is 0.224 e. The number of nitrogen functional groups attached to an aromatic ring is 1. The van der Waals surface area contributed by atoms with E-state index in [0.717, 1.165) is 0 Å². The summed E-state index contributed by atoms with van der Waals surface area (Å²) in [4.78, 5) is 12.7. The quantitative estimate of drug-likeness (QED) is 0.431. The van der Waals surface area contributed by atoms with E-state index in [0.29, 0.717) is 36.7 Å². The normalized spacial score (nSPS) is 11.7. The van der Waals surface area contributed by atoms with Crippen molar-refractivity contribution in [2.24, 2.45) is 0 Å². The Morgan fingerprint density at radius 2 is 2.27 bits per heavy atom. The van der Waals surface area contributed by atoms with E-state index in [9.17, 15) is 4.57 Å². The molecule has 0 saturated heterocycles. The molecular formula is C13H21N6O2P. The molecule has 0 aromatic carbocycles. The fourth-order valence-corrected chi connectivity index (χ4v) is 2.43. The molecule has 3 N–H and O–H groups in total. The molecule has 2 heterocycles. The lowest BCUT2D eigenvalue weighted by molar-refractivity contribution is 0.167. The van der Waals surface area contributed by atoms with Gasteiger partial charge in [-0.1, -0.05) is 6.08 Å². The Morgan fingerprint density at radius 3 is 2.95 bits per heavy atom. The molecule has 22 heavy (non-hydrogen) atoms. The fourth-order valence-electron chi connectivity index (χ4n) is 1.86. The Balaban J connectivity index is 2.13. The predicted molar refractivity (Wildman–Crippen MR) is 88.7 cm³/mol. The Morgan fingerprint density at radius 1 is 1.50 bits per heavy atom. The van der Waals surface area contributed by atoms with E-state index in [2.05, 4.69) is 26.8 Å². The van der Waals surface area contributed by atoms with Gasteiger partial charge in [0.25, 0.3) is 0 Å². The maximum atomic E-state index is 11.6. The molecule has 2 aromatic heterocycles. The highest BCUT2D eigenvalue weighted by Gasteiger charge is 2.12. The first-order valence-electron chi connectivity index (χ1n) is 6.85. The maximum Gasteiger partial charge on any atom is 0.224 e. The first-order chi connectivity index (χ1) is 10.4.